The van der Waals surface area contributed by atoms with Gasteiger partial charge in [-0.1, -0.05) is 20.3 Å². The number of aryl methyl sites for hydroxylation is 1. The summed E-state index contributed by atoms with van der Waals surface area (Å²) in [5, 5.41) is 0. The van der Waals surface area contributed by atoms with E-state index in [0.717, 1.165) is 6.42 Å². The molecule has 0 saturated carbocycles. The standard InChI is InChI=1S/C11H18BrNS/c1-4-7(2)5-9(13)10-6-8(3)11(12)14-10/h6-7,9H,4-5,13H2,1-3H3. The summed E-state index contributed by atoms with van der Waals surface area (Å²) < 4.78 is 1.21. The van der Waals surface area contributed by atoms with Crippen molar-refractivity contribution < 1.29 is 0 Å². The van der Waals surface area contributed by atoms with Gasteiger partial charge in [-0.2, -0.15) is 0 Å². The Bertz CT molecular complexity index is 276. The molecule has 3 heteroatoms. The van der Waals surface area contributed by atoms with E-state index in [1.54, 1.807) is 11.3 Å². The van der Waals surface area contributed by atoms with Gasteiger partial charge in [0.2, 0.25) is 0 Å². The predicted octanol–water partition coefficient (Wildman–Crippen LogP) is 4.26. The Morgan fingerprint density at radius 1 is 1.57 bits per heavy atom. The van der Waals surface area contributed by atoms with Crippen molar-refractivity contribution in [1.82, 2.24) is 0 Å². The van der Waals surface area contributed by atoms with Gasteiger partial charge < -0.3 is 5.73 Å². The normalized spacial score (nSPS) is 15.5. The molecule has 0 radical (unpaired) electrons. The minimum Gasteiger partial charge on any atom is -0.323 e. The van der Waals surface area contributed by atoms with Crippen LogP contribution >= 0.6 is 27.3 Å². The molecule has 14 heavy (non-hydrogen) atoms. The van der Waals surface area contributed by atoms with Gasteiger partial charge in [0.15, 0.2) is 0 Å². The van der Waals surface area contributed by atoms with Crippen LogP contribution in [0.3, 0.4) is 0 Å². The summed E-state index contributed by atoms with van der Waals surface area (Å²) >= 11 is 5.30. The second-order valence-corrected chi connectivity index (χ2v) is 6.36. The third-order valence-electron chi connectivity index (χ3n) is 2.59. The first-order chi connectivity index (χ1) is 6.54. The summed E-state index contributed by atoms with van der Waals surface area (Å²) in [6.45, 7) is 6.59. The molecule has 0 aliphatic heterocycles. The third kappa shape index (κ3) is 3.07. The third-order valence-corrected chi connectivity index (χ3v) is 4.86. The molecule has 2 unspecified atom stereocenters. The van der Waals surface area contributed by atoms with Crippen LogP contribution in [0.2, 0.25) is 0 Å². The van der Waals surface area contributed by atoms with Crippen LogP contribution in [0.5, 0.6) is 0 Å². The van der Waals surface area contributed by atoms with Crippen molar-refractivity contribution in [3.8, 4) is 0 Å². The first-order valence-electron chi connectivity index (χ1n) is 5.06. The molecule has 0 bridgehead atoms. The largest absolute Gasteiger partial charge is 0.323 e. The van der Waals surface area contributed by atoms with Crippen molar-refractivity contribution in [3.63, 3.8) is 0 Å². The highest BCUT2D eigenvalue weighted by atomic mass is 79.9. The van der Waals surface area contributed by atoms with E-state index in [2.05, 4.69) is 42.8 Å². The smallest absolute Gasteiger partial charge is 0.0731 e. The Kier molecular flexibility index (Phi) is 4.61. The van der Waals surface area contributed by atoms with Crippen LogP contribution in [0, 0.1) is 12.8 Å². The van der Waals surface area contributed by atoms with Crippen LogP contribution in [-0.4, -0.2) is 0 Å². The average molecular weight is 276 g/mol. The summed E-state index contributed by atoms with van der Waals surface area (Å²) in [6.07, 6.45) is 2.29. The van der Waals surface area contributed by atoms with Gasteiger partial charge in [0, 0.05) is 10.9 Å². The Balaban J connectivity index is 2.64. The SMILES string of the molecule is CCC(C)CC(N)c1cc(C)c(Br)s1. The van der Waals surface area contributed by atoms with E-state index in [0.29, 0.717) is 5.92 Å². The van der Waals surface area contributed by atoms with Crippen molar-refractivity contribution in [3.05, 3.63) is 20.3 Å². The molecule has 0 aliphatic carbocycles. The summed E-state index contributed by atoms with van der Waals surface area (Å²) in [7, 11) is 0. The van der Waals surface area contributed by atoms with Crippen LogP contribution in [0.25, 0.3) is 0 Å². The van der Waals surface area contributed by atoms with Crippen molar-refractivity contribution >= 4 is 27.3 Å². The zero-order valence-electron chi connectivity index (χ0n) is 9.01. The molecule has 0 amide bonds. The van der Waals surface area contributed by atoms with E-state index in [1.807, 2.05) is 0 Å². The van der Waals surface area contributed by atoms with Crippen molar-refractivity contribution in [1.29, 1.82) is 0 Å². The highest BCUT2D eigenvalue weighted by Gasteiger charge is 2.13. The molecule has 2 N–H and O–H groups in total. The fourth-order valence-corrected chi connectivity index (χ4v) is 2.97. The summed E-state index contributed by atoms with van der Waals surface area (Å²) in [5.41, 5.74) is 7.44. The molecule has 0 aliphatic rings. The van der Waals surface area contributed by atoms with Crippen molar-refractivity contribution in [2.75, 3.05) is 0 Å². The molecule has 0 aromatic carbocycles. The van der Waals surface area contributed by atoms with E-state index in [1.165, 1.54) is 20.6 Å². The highest BCUT2D eigenvalue weighted by molar-refractivity contribution is 9.11. The lowest BCUT2D eigenvalue weighted by Gasteiger charge is -2.14. The zero-order valence-corrected chi connectivity index (χ0v) is 11.4. The number of hydrogen-bond acceptors (Lipinski definition) is 2. The van der Waals surface area contributed by atoms with Gasteiger partial charge in [0.05, 0.1) is 3.79 Å². The number of hydrogen-bond donors (Lipinski definition) is 1. The molecule has 1 rings (SSSR count). The van der Waals surface area contributed by atoms with E-state index in [-0.39, 0.29) is 6.04 Å². The second-order valence-electron chi connectivity index (χ2n) is 3.96. The number of rotatable bonds is 4. The maximum absolute atomic E-state index is 6.14. The minimum atomic E-state index is 0.208. The fraction of sp³-hybridized carbons (Fsp3) is 0.636. The Labute approximate surface area is 98.8 Å². The number of halogens is 1. The molecule has 0 spiro atoms. The minimum absolute atomic E-state index is 0.208. The summed E-state index contributed by atoms with van der Waals surface area (Å²) in [5.74, 6) is 0.714. The molecule has 0 fully saturated rings. The lowest BCUT2D eigenvalue weighted by Crippen LogP contribution is -2.12. The highest BCUT2D eigenvalue weighted by Crippen LogP contribution is 2.33. The molecule has 0 saturated heterocycles. The lowest BCUT2D eigenvalue weighted by molar-refractivity contribution is 0.465. The zero-order chi connectivity index (χ0) is 10.7. The van der Waals surface area contributed by atoms with Gasteiger partial charge in [-0.15, -0.1) is 11.3 Å². The van der Waals surface area contributed by atoms with Crippen LogP contribution < -0.4 is 5.73 Å². The monoisotopic (exact) mass is 275 g/mol. The van der Waals surface area contributed by atoms with Crippen molar-refractivity contribution in [2.24, 2.45) is 11.7 Å². The molecule has 1 heterocycles. The summed E-state index contributed by atoms with van der Waals surface area (Å²) in [6, 6.07) is 2.40. The van der Waals surface area contributed by atoms with Crippen LogP contribution in [0.15, 0.2) is 9.85 Å². The van der Waals surface area contributed by atoms with Gasteiger partial charge in [-0.3, -0.25) is 0 Å². The molecule has 2 atom stereocenters. The van der Waals surface area contributed by atoms with E-state index in [9.17, 15) is 0 Å². The number of thiophene rings is 1. The molecular formula is C11H18BrNS. The second kappa shape index (κ2) is 5.29. The van der Waals surface area contributed by atoms with Crippen molar-refractivity contribution in [2.45, 2.75) is 39.7 Å². The first-order valence-corrected chi connectivity index (χ1v) is 6.67. The first kappa shape index (κ1) is 12.2. The van der Waals surface area contributed by atoms with Crippen LogP contribution in [0.1, 0.15) is 43.2 Å². The van der Waals surface area contributed by atoms with E-state index < -0.39 is 0 Å². The van der Waals surface area contributed by atoms with E-state index in [4.69, 9.17) is 5.73 Å². The average Bonchev–Trinajstić information content (AvgIpc) is 2.47. The van der Waals surface area contributed by atoms with E-state index >= 15 is 0 Å². The van der Waals surface area contributed by atoms with Gasteiger partial charge in [0.25, 0.3) is 0 Å². The van der Waals surface area contributed by atoms with Gasteiger partial charge >= 0.3 is 0 Å². The lowest BCUT2D eigenvalue weighted by atomic mass is 9.99. The maximum atomic E-state index is 6.14. The molecule has 1 aromatic heterocycles. The Hall–Kier alpha value is 0.140. The molecule has 80 valence electrons. The maximum Gasteiger partial charge on any atom is 0.0731 e. The molecular weight excluding hydrogens is 258 g/mol. The van der Waals surface area contributed by atoms with Crippen LogP contribution in [0.4, 0.5) is 0 Å². The van der Waals surface area contributed by atoms with Gasteiger partial charge in [-0.05, 0) is 46.8 Å². The molecule has 1 aromatic rings. The van der Waals surface area contributed by atoms with Gasteiger partial charge in [0.1, 0.15) is 0 Å². The predicted molar refractivity (Wildman–Crippen MR) is 67.8 cm³/mol. The fourth-order valence-electron chi connectivity index (χ4n) is 1.38. The quantitative estimate of drug-likeness (QED) is 0.873. The summed E-state index contributed by atoms with van der Waals surface area (Å²) in [4.78, 5) is 1.30. The Morgan fingerprint density at radius 2 is 2.21 bits per heavy atom. The van der Waals surface area contributed by atoms with Gasteiger partial charge in [-0.25, -0.2) is 0 Å². The number of nitrogens with two attached hydrogens (primary N) is 1. The molecule has 1 nitrogen and oxygen atoms in total. The Morgan fingerprint density at radius 3 is 2.64 bits per heavy atom. The van der Waals surface area contributed by atoms with Crippen LogP contribution in [-0.2, 0) is 0 Å². The topological polar surface area (TPSA) is 26.0 Å².